The van der Waals surface area contributed by atoms with E-state index in [9.17, 15) is 13.2 Å². The number of ether oxygens (including phenoxy) is 3. The van der Waals surface area contributed by atoms with Crippen LogP contribution >= 0.6 is 0 Å². The van der Waals surface area contributed by atoms with Crippen molar-refractivity contribution in [2.75, 3.05) is 27.4 Å². The van der Waals surface area contributed by atoms with Crippen LogP contribution in [0.4, 0.5) is 0 Å². The second-order valence-electron chi connectivity index (χ2n) is 7.36. The summed E-state index contributed by atoms with van der Waals surface area (Å²) < 4.78 is 43.5. The lowest BCUT2D eigenvalue weighted by Crippen LogP contribution is -2.30. The summed E-state index contributed by atoms with van der Waals surface area (Å²) in [6.07, 6.45) is 0.620. The molecule has 0 spiro atoms. The second kappa shape index (κ2) is 12.1. The van der Waals surface area contributed by atoms with Gasteiger partial charge in [0.05, 0.1) is 19.1 Å². The zero-order chi connectivity index (χ0) is 24.4. The van der Waals surface area contributed by atoms with Crippen LogP contribution in [0.5, 0.6) is 17.2 Å². The van der Waals surface area contributed by atoms with Gasteiger partial charge in [0.25, 0.3) is 5.91 Å². The Kier molecular flexibility index (Phi) is 8.89. The minimum atomic E-state index is -3.66. The van der Waals surface area contributed by atoms with Crippen molar-refractivity contribution in [3.05, 3.63) is 83.9 Å². The van der Waals surface area contributed by atoms with Gasteiger partial charge < -0.3 is 19.5 Å². The first-order chi connectivity index (χ1) is 16.4. The fourth-order valence-electron chi connectivity index (χ4n) is 3.15. The van der Waals surface area contributed by atoms with E-state index in [1.54, 1.807) is 14.2 Å². The van der Waals surface area contributed by atoms with E-state index in [0.29, 0.717) is 30.2 Å². The molecule has 0 bridgehead atoms. The van der Waals surface area contributed by atoms with Crippen LogP contribution in [0.3, 0.4) is 0 Å². The van der Waals surface area contributed by atoms with Gasteiger partial charge in [0.1, 0.15) is 5.75 Å². The van der Waals surface area contributed by atoms with Crippen LogP contribution in [-0.4, -0.2) is 41.7 Å². The summed E-state index contributed by atoms with van der Waals surface area (Å²) in [6.45, 7) is 0.455. The standard InChI is InChI=1S/C25H28N2O6S/c1-31-23-13-8-19(16-24(23)32-2)14-15-26-25(28)18-33-21-9-11-22(12-10-21)34(29,30)27-17-20-6-4-3-5-7-20/h3-13,16,27H,14-15,17-18H2,1-2H3,(H,26,28). The lowest BCUT2D eigenvalue weighted by Gasteiger charge is -2.11. The number of nitrogens with one attached hydrogen (secondary N) is 2. The van der Waals surface area contributed by atoms with E-state index in [4.69, 9.17) is 14.2 Å². The highest BCUT2D eigenvalue weighted by molar-refractivity contribution is 7.89. The summed E-state index contributed by atoms with van der Waals surface area (Å²) in [6, 6.07) is 20.8. The number of benzene rings is 3. The molecule has 0 aromatic heterocycles. The van der Waals surface area contributed by atoms with Gasteiger partial charge in [-0.2, -0.15) is 0 Å². The van der Waals surface area contributed by atoms with Crippen molar-refractivity contribution in [2.24, 2.45) is 0 Å². The maximum absolute atomic E-state index is 12.5. The summed E-state index contributed by atoms with van der Waals surface area (Å²) in [7, 11) is -0.506. The molecule has 2 N–H and O–H groups in total. The average molecular weight is 485 g/mol. The van der Waals surface area contributed by atoms with E-state index in [2.05, 4.69) is 10.0 Å². The Morgan fingerprint density at radius 2 is 1.56 bits per heavy atom. The molecule has 180 valence electrons. The predicted octanol–water partition coefficient (Wildman–Crippen LogP) is 2.92. The third-order valence-electron chi connectivity index (χ3n) is 5.00. The van der Waals surface area contributed by atoms with Crippen molar-refractivity contribution in [3.8, 4) is 17.2 Å². The van der Waals surface area contributed by atoms with E-state index in [-0.39, 0.29) is 24.0 Å². The Hall–Kier alpha value is -3.56. The van der Waals surface area contributed by atoms with Gasteiger partial charge in [0, 0.05) is 13.1 Å². The zero-order valence-electron chi connectivity index (χ0n) is 19.1. The molecule has 0 atom stereocenters. The highest BCUT2D eigenvalue weighted by Crippen LogP contribution is 2.27. The molecule has 0 fully saturated rings. The molecule has 0 heterocycles. The van der Waals surface area contributed by atoms with Gasteiger partial charge in [-0.1, -0.05) is 36.4 Å². The second-order valence-corrected chi connectivity index (χ2v) is 9.13. The van der Waals surface area contributed by atoms with Crippen LogP contribution in [0.15, 0.2) is 77.7 Å². The molecule has 3 aromatic rings. The van der Waals surface area contributed by atoms with Crippen molar-refractivity contribution >= 4 is 15.9 Å². The smallest absolute Gasteiger partial charge is 0.257 e. The molecule has 0 radical (unpaired) electrons. The minimum absolute atomic E-state index is 0.121. The molecule has 9 heteroatoms. The SMILES string of the molecule is COc1ccc(CCNC(=O)COc2ccc(S(=O)(=O)NCc3ccccc3)cc2)cc1OC. The largest absolute Gasteiger partial charge is 0.493 e. The Balaban J connectivity index is 1.43. The highest BCUT2D eigenvalue weighted by atomic mass is 32.2. The van der Waals surface area contributed by atoms with Crippen molar-refractivity contribution < 1.29 is 27.4 Å². The van der Waals surface area contributed by atoms with Crippen molar-refractivity contribution in [2.45, 2.75) is 17.9 Å². The molecule has 1 amide bonds. The number of hydrogen-bond acceptors (Lipinski definition) is 6. The Bertz CT molecular complexity index is 1180. The number of methoxy groups -OCH3 is 2. The van der Waals surface area contributed by atoms with Crippen molar-refractivity contribution in [3.63, 3.8) is 0 Å². The van der Waals surface area contributed by atoms with Gasteiger partial charge in [0.15, 0.2) is 18.1 Å². The molecule has 3 aromatic carbocycles. The van der Waals surface area contributed by atoms with Gasteiger partial charge in [0.2, 0.25) is 10.0 Å². The minimum Gasteiger partial charge on any atom is -0.493 e. The number of hydrogen-bond donors (Lipinski definition) is 2. The molecule has 0 aliphatic carbocycles. The topological polar surface area (TPSA) is 103 Å². The van der Waals surface area contributed by atoms with Gasteiger partial charge in [-0.3, -0.25) is 4.79 Å². The summed E-state index contributed by atoms with van der Waals surface area (Å²) in [5.41, 5.74) is 1.86. The highest BCUT2D eigenvalue weighted by Gasteiger charge is 2.14. The van der Waals surface area contributed by atoms with E-state index in [1.165, 1.54) is 24.3 Å². The van der Waals surface area contributed by atoms with Gasteiger partial charge >= 0.3 is 0 Å². The third kappa shape index (κ3) is 7.23. The Morgan fingerprint density at radius 3 is 2.24 bits per heavy atom. The first-order valence-corrected chi connectivity index (χ1v) is 12.1. The van der Waals surface area contributed by atoms with Crippen LogP contribution in [-0.2, 0) is 27.8 Å². The van der Waals surface area contributed by atoms with Crippen molar-refractivity contribution in [1.82, 2.24) is 10.0 Å². The number of sulfonamides is 1. The maximum Gasteiger partial charge on any atom is 0.257 e. The number of carbonyl (C=O) groups excluding carboxylic acids is 1. The Labute approximate surface area is 199 Å². The van der Waals surface area contributed by atoms with Crippen molar-refractivity contribution in [1.29, 1.82) is 0 Å². The first kappa shape index (κ1) is 25.1. The predicted molar refractivity (Wildman–Crippen MR) is 129 cm³/mol. The fourth-order valence-corrected chi connectivity index (χ4v) is 4.17. The summed E-state index contributed by atoms with van der Waals surface area (Å²) in [5, 5.41) is 2.79. The molecule has 34 heavy (non-hydrogen) atoms. The number of rotatable bonds is 12. The third-order valence-corrected chi connectivity index (χ3v) is 6.41. The Morgan fingerprint density at radius 1 is 0.853 bits per heavy atom. The van der Waals surface area contributed by atoms with E-state index in [0.717, 1.165) is 11.1 Å². The first-order valence-electron chi connectivity index (χ1n) is 10.7. The molecule has 3 rings (SSSR count). The normalized spacial score (nSPS) is 11.0. The lowest BCUT2D eigenvalue weighted by molar-refractivity contribution is -0.123. The quantitative estimate of drug-likeness (QED) is 0.410. The van der Waals surface area contributed by atoms with Crippen LogP contribution in [0.1, 0.15) is 11.1 Å². The number of carbonyl (C=O) groups is 1. The molecular weight excluding hydrogens is 456 g/mol. The summed E-state index contributed by atoms with van der Waals surface area (Å²) >= 11 is 0. The van der Waals surface area contributed by atoms with Crippen LogP contribution in [0.2, 0.25) is 0 Å². The fraction of sp³-hybridized carbons (Fsp3) is 0.240. The van der Waals surface area contributed by atoms with Gasteiger partial charge in [-0.25, -0.2) is 13.1 Å². The summed E-state index contributed by atoms with van der Waals surface area (Å²) in [4.78, 5) is 12.2. The zero-order valence-corrected chi connectivity index (χ0v) is 19.9. The van der Waals surface area contributed by atoms with Gasteiger partial charge in [-0.05, 0) is 53.9 Å². The van der Waals surface area contributed by atoms with E-state index in [1.807, 2.05) is 48.5 Å². The molecule has 0 aliphatic rings. The molecule has 0 unspecified atom stereocenters. The van der Waals surface area contributed by atoms with E-state index < -0.39 is 10.0 Å². The van der Waals surface area contributed by atoms with Crippen LogP contribution in [0.25, 0.3) is 0 Å². The van der Waals surface area contributed by atoms with E-state index >= 15 is 0 Å². The molecular formula is C25H28N2O6S. The molecule has 0 saturated carbocycles. The summed E-state index contributed by atoms with van der Waals surface area (Å²) in [5.74, 6) is 1.41. The molecule has 8 nitrogen and oxygen atoms in total. The number of amides is 1. The van der Waals surface area contributed by atoms with Crippen LogP contribution in [0, 0.1) is 0 Å². The monoisotopic (exact) mass is 484 g/mol. The molecule has 0 saturated heterocycles. The van der Waals surface area contributed by atoms with Crippen LogP contribution < -0.4 is 24.2 Å². The lowest BCUT2D eigenvalue weighted by atomic mass is 10.1. The maximum atomic E-state index is 12.5. The average Bonchev–Trinajstić information content (AvgIpc) is 2.87. The van der Waals surface area contributed by atoms with Gasteiger partial charge in [-0.15, -0.1) is 0 Å². The molecule has 0 aliphatic heterocycles.